The first kappa shape index (κ1) is 24.3. The van der Waals surface area contributed by atoms with Crippen molar-refractivity contribution < 1.29 is 19.6 Å². The normalized spacial score (nSPS) is 15.3. The molecule has 0 radical (unpaired) electrons. The van der Waals surface area contributed by atoms with Crippen molar-refractivity contribution in [1.29, 1.82) is 0 Å². The Kier molecular flexibility index (Phi) is 6.55. The van der Waals surface area contributed by atoms with Gasteiger partial charge in [0.15, 0.2) is 4.80 Å². The van der Waals surface area contributed by atoms with E-state index in [1.54, 1.807) is 6.92 Å². The van der Waals surface area contributed by atoms with Gasteiger partial charge in [0, 0.05) is 28.1 Å². The van der Waals surface area contributed by atoms with E-state index in [9.17, 15) is 24.8 Å². The van der Waals surface area contributed by atoms with E-state index in [1.165, 1.54) is 40.2 Å². The Morgan fingerprint density at radius 2 is 2.00 bits per heavy atom. The van der Waals surface area contributed by atoms with E-state index in [0.29, 0.717) is 16.1 Å². The molecule has 1 aliphatic rings. The molecule has 0 amide bonds. The van der Waals surface area contributed by atoms with Crippen LogP contribution in [0.25, 0.3) is 11.8 Å². The summed E-state index contributed by atoms with van der Waals surface area (Å²) in [7, 11) is 0. The Morgan fingerprint density at radius 3 is 2.68 bits per heavy atom. The third-order valence-corrected chi connectivity index (χ3v) is 7.60. The zero-order valence-corrected chi connectivity index (χ0v) is 21.0. The van der Waals surface area contributed by atoms with E-state index in [0.717, 1.165) is 16.2 Å². The fraction of sp³-hybridized carbons (Fsp3) is 0.115. The highest BCUT2D eigenvalue weighted by molar-refractivity contribution is 7.10. The van der Waals surface area contributed by atoms with Crippen LogP contribution in [0.1, 0.15) is 29.0 Å². The molecule has 0 aliphatic carbocycles. The molecule has 186 valence electrons. The maximum Gasteiger partial charge on any atom is 0.338 e. The smallest absolute Gasteiger partial charge is 0.338 e. The molecule has 37 heavy (non-hydrogen) atoms. The minimum atomic E-state index is -0.786. The number of rotatable bonds is 6. The van der Waals surface area contributed by atoms with Crippen LogP contribution < -0.4 is 14.9 Å². The van der Waals surface area contributed by atoms with E-state index < -0.39 is 22.5 Å². The highest BCUT2D eigenvalue weighted by atomic mass is 32.1. The first-order chi connectivity index (χ1) is 17.9. The number of thiazole rings is 1. The number of phenols is 1. The Labute approximate surface area is 217 Å². The third kappa shape index (κ3) is 4.50. The lowest BCUT2D eigenvalue weighted by Gasteiger charge is -2.24. The summed E-state index contributed by atoms with van der Waals surface area (Å²) in [5.74, 6) is -0.780. The second-order valence-electron chi connectivity index (χ2n) is 7.95. The molecule has 1 unspecified atom stereocenters. The van der Waals surface area contributed by atoms with Gasteiger partial charge < -0.3 is 9.84 Å². The summed E-state index contributed by atoms with van der Waals surface area (Å²) in [5.41, 5.74) is 0.809. The lowest BCUT2D eigenvalue weighted by molar-refractivity contribution is -0.384. The molecule has 1 N–H and O–H groups in total. The summed E-state index contributed by atoms with van der Waals surface area (Å²) < 4.78 is 7.04. The molecule has 1 atom stereocenters. The molecule has 2 aromatic heterocycles. The number of fused-ring (bicyclic) bond motifs is 1. The molecule has 1 aliphatic heterocycles. The van der Waals surface area contributed by atoms with Gasteiger partial charge in [0.25, 0.3) is 11.2 Å². The second kappa shape index (κ2) is 9.96. The van der Waals surface area contributed by atoms with Crippen molar-refractivity contribution in [1.82, 2.24) is 4.57 Å². The van der Waals surface area contributed by atoms with E-state index in [4.69, 9.17) is 9.73 Å². The van der Waals surface area contributed by atoms with Gasteiger partial charge in [0.2, 0.25) is 0 Å². The monoisotopic (exact) mass is 533 g/mol. The number of hydrogen-bond acceptors (Lipinski definition) is 9. The molecule has 0 fully saturated rings. The molecule has 0 saturated heterocycles. The van der Waals surface area contributed by atoms with Gasteiger partial charge in [-0.3, -0.25) is 19.5 Å². The molecule has 2 aromatic carbocycles. The van der Waals surface area contributed by atoms with Gasteiger partial charge in [-0.05, 0) is 30.5 Å². The second-order valence-corrected chi connectivity index (χ2v) is 9.94. The average Bonchev–Trinajstić information content (AvgIpc) is 3.53. The van der Waals surface area contributed by atoms with Crippen LogP contribution >= 0.6 is 22.7 Å². The number of aromatic nitrogens is 1. The molecule has 0 bridgehead atoms. The maximum atomic E-state index is 13.7. The summed E-state index contributed by atoms with van der Waals surface area (Å²) >= 11 is 2.47. The number of phenolic OH excluding ortho intramolecular Hbond substituents is 1. The maximum absolute atomic E-state index is 13.7. The van der Waals surface area contributed by atoms with E-state index in [2.05, 4.69) is 0 Å². The molecule has 9 nitrogen and oxygen atoms in total. The third-order valence-electron chi connectivity index (χ3n) is 5.69. The minimum absolute atomic E-state index is 0.125. The van der Waals surface area contributed by atoms with Crippen LogP contribution in [-0.2, 0) is 9.53 Å². The highest BCUT2D eigenvalue weighted by Crippen LogP contribution is 2.36. The van der Waals surface area contributed by atoms with Crippen molar-refractivity contribution in [3.05, 3.63) is 117 Å². The van der Waals surface area contributed by atoms with Crippen molar-refractivity contribution >= 4 is 46.1 Å². The van der Waals surface area contributed by atoms with Crippen molar-refractivity contribution in [2.45, 2.75) is 13.0 Å². The number of carbonyl (C=O) groups excluding carboxylic acids is 1. The van der Waals surface area contributed by atoms with E-state index in [-0.39, 0.29) is 33.7 Å². The van der Waals surface area contributed by atoms with Gasteiger partial charge in [0.05, 0.1) is 27.3 Å². The predicted molar refractivity (Wildman–Crippen MR) is 140 cm³/mol. The number of aromatic hydroxyl groups is 1. The highest BCUT2D eigenvalue weighted by Gasteiger charge is 2.35. The summed E-state index contributed by atoms with van der Waals surface area (Å²) in [4.78, 5) is 43.5. The van der Waals surface area contributed by atoms with E-state index >= 15 is 0 Å². The number of nitro benzene ring substituents is 1. The molecular weight excluding hydrogens is 514 g/mol. The summed E-state index contributed by atoms with van der Waals surface area (Å²) in [6.07, 6.45) is 1.40. The predicted octanol–water partition coefficient (Wildman–Crippen LogP) is 3.61. The molecular formula is C26H19N3O6S2. The standard InChI is InChI=1S/C26H19N3O6S2/c1-2-35-25(32)21-22(15-7-4-3-5-8-15)27-26-28(23(21)19-9-6-12-36-19)24(31)20(37-26)14-16-13-17(29(33)34)10-11-18(16)30/h3-14,23,30H,2H2,1H3. The van der Waals surface area contributed by atoms with Gasteiger partial charge in [0.1, 0.15) is 11.8 Å². The number of benzene rings is 2. The van der Waals surface area contributed by atoms with E-state index in [1.807, 2.05) is 47.8 Å². The number of ether oxygens (including phenoxy) is 1. The Hall–Kier alpha value is -4.35. The molecule has 3 heterocycles. The number of esters is 1. The Morgan fingerprint density at radius 1 is 1.22 bits per heavy atom. The van der Waals surface area contributed by atoms with Gasteiger partial charge >= 0.3 is 5.97 Å². The van der Waals surface area contributed by atoms with Crippen LogP contribution in [0.5, 0.6) is 5.75 Å². The summed E-state index contributed by atoms with van der Waals surface area (Å²) in [5, 5.41) is 23.4. The molecule has 5 rings (SSSR count). The van der Waals surface area contributed by atoms with Crippen LogP contribution in [0.3, 0.4) is 0 Å². The SMILES string of the molecule is CCOC(=O)C1=C(c2ccccc2)N=c2sc(=Cc3cc([N+](=O)[O-])ccc3O)c(=O)n2C1c1cccs1. The Balaban J connectivity index is 1.81. The molecule has 0 spiro atoms. The fourth-order valence-corrected chi connectivity index (χ4v) is 5.88. The lowest BCUT2D eigenvalue weighted by Crippen LogP contribution is -2.39. The van der Waals surface area contributed by atoms with Gasteiger partial charge in [-0.15, -0.1) is 11.3 Å². The van der Waals surface area contributed by atoms with Gasteiger partial charge in [-0.25, -0.2) is 9.79 Å². The van der Waals surface area contributed by atoms with Crippen LogP contribution in [-0.4, -0.2) is 27.2 Å². The van der Waals surface area contributed by atoms with Crippen molar-refractivity contribution in [3.8, 4) is 5.75 Å². The fourth-order valence-electron chi connectivity index (χ4n) is 4.07. The number of hydrogen-bond donors (Lipinski definition) is 1. The average molecular weight is 534 g/mol. The largest absolute Gasteiger partial charge is 0.507 e. The van der Waals surface area contributed by atoms with Gasteiger partial charge in [-0.2, -0.15) is 0 Å². The van der Waals surface area contributed by atoms with Crippen molar-refractivity contribution in [2.24, 2.45) is 4.99 Å². The molecule has 11 heteroatoms. The lowest BCUT2D eigenvalue weighted by atomic mass is 9.97. The van der Waals surface area contributed by atoms with Gasteiger partial charge in [-0.1, -0.05) is 47.7 Å². The van der Waals surface area contributed by atoms with Crippen LogP contribution in [0.4, 0.5) is 5.69 Å². The van der Waals surface area contributed by atoms with Crippen molar-refractivity contribution in [2.75, 3.05) is 6.61 Å². The summed E-state index contributed by atoms with van der Waals surface area (Å²) in [6.45, 7) is 1.86. The van der Waals surface area contributed by atoms with Crippen LogP contribution in [0.15, 0.2) is 81.4 Å². The number of nitrogens with zero attached hydrogens (tertiary/aromatic N) is 3. The molecule has 4 aromatic rings. The zero-order valence-electron chi connectivity index (χ0n) is 19.4. The first-order valence-corrected chi connectivity index (χ1v) is 12.9. The molecule has 0 saturated carbocycles. The number of thiophene rings is 1. The van der Waals surface area contributed by atoms with Crippen molar-refractivity contribution in [3.63, 3.8) is 0 Å². The van der Waals surface area contributed by atoms with Crippen LogP contribution in [0, 0.1) is 10.1 Å². The number of nitro groups is 1. The quantitative estimate of drug-likeness (QED) is 0.229. The Bertz CT molecular complexity index is 1720. The minimum Gasteiger partial charge on any atom is -0.507 e. The topological polar surface area (TPSA) is 124 Å². The number of non-ortho nitro benzene ring substituents is 1. The van der Waals surface area contributed by atoms with Crippen LogP contribution in [0.2, 0.25) is 0 Å². The number of carbonyl (C=O) groups is 1. The first-order valence-electron chi connectivity index (χ1n) is 11.2. The zero-order chi connectivity index (χ0) is 26.1. The summed E-state index contributed by atoms with van der Waals surface area (Å²) in [6, 6.07) is 15.7.